The number of nitrogens with one attached hydrogen (secondary N) is 1. The van der Waals surface area contributed by atoms with E-state index < -0.39 is 0 Å². The zero-order chi connectivity index (χ0) is 19.2. The number of benzene rings is 1. The summed E-state index contributed by atoms with van der Waals surface area (Å²) in [4.78, 5) is 12.5. The van der Waals surface area contributed by atoms with Crippen molar-refractivity contribution in [3.8, 4) is 5.69 Å². The highest BCUT2D eigenvalue weighted by Gasteiger charge is 2.36. The largest absolute Gasteiger partial charge is 0.351 e. The van der Waals surface area contributed by atoms with E-state index in [2.05, 4.69) is 29.4 Å². The number of aromatic nitrogens is 3. The Bertz CT molecular complexity index is 988. The molecular formula is C20H21FN4O2. The van der Waals surface area contributed by atoms with Crippen molar-refractivity contribution in [2.45, 2.75) is 39.7 Å². The zero-order valence-electron chi connectivity index (χ0n) is 15.5. The molecule has 140 valence electrons. The fourth-order valence-corrected chi connectivity index (χ4v) is 3.68. The number of hydrogen-bond acceptors (Lipinski definition) is 4. The Labute approximate surface area is 156 Å². The van der Waals surface area contributed by atoms with E-state index in [0.717, 1.165) is 29.8 Å². The first-order chi connectivity index (χ1) is 12.8. The number of nitrogens with zero attached hydrogens (tertiary/aromatic N) is 3. The van der Waals surface area contributed by atoms with Crippen LogP contribution in [0.2, 0.25) is 0 Å². The second kappa shape index (κ2) is 6.33. The monoisotopic (exact) mass is 368 g/mol. The Morgan fingerprint density at radius 3 is 2.74 bits per heavy atom. The van der Waals surface area contributed by atoms with Gasteiger partial charge in [-0.1, -0.05) is 19.0 Å². The van der Waals surface area contributed by atoms with Crippen molar-refractivity contribution in [1.29, 1.82) is 0 Å². The van der Waals surface area contributed by atoms with Crippen LogP contribution in [0, 0.1) is 18.2 Å². The van der Waals surface area contributed by atoms with Gasteiger partial charge in [0, 0.05) is 11.6 Å². The van der Waals surface area contributed by atoms with Gasteiger partial charge in [-0.2, -0.15) is 5.10 Å². The van der Waals surface area contributed by atoms with Crippen LogP contribution in [0.15, 0.2) is 41.1 Å². The smallest absolute Gasteiger partial charge is 0.290 e. The van der Waals surface area contributed by atoms with Gasteiger partial charge in [-0.15, -0.1) is 0 Å². The van der Waals surface area contributed by atoms with Crippen LogP contribution in [0.5, 0.6) is 0 Å². The average Bonchev–Trinajstić information content (AvgIpc) is 3.21. The van der Waals surface area contributed by atoms with Crippen molar-refractivity contribution in [2.75, 3.05) is 0 Å². The highest BCUT2D eigenvalue weighted by molar-refractivity contribution is 5.91. The molecule has 0 spiro atoms. The lowest BCUT2D eigenvalue weighted by Gasteiger charge is -2.35. The van der Waals surface area contributed by atoms with E-state index >= 15 is 0 Å². The summed E-state index contributed by atoms with van der Waals surface area (Å²) in [7, 11) is 0. The SMILES string of the molecule is Cc1cc(C(=O)N[C@@H]2CC(C)(C)Cc3c2cnn3-c2ccc(F)cc2)on1. The minimum absolute atomic E-state index is 0.0277. The molecule has 1 aromatic carbocycles. The van der Waals surface area contributed by atoms with E-state index in [1.54, 1.807) is 31.3 Å². The molecule has 1 N–H and O–H groups in total. The molecule has 1 aliphatic rings. The van der Waals surface area contributed by atoms with Crippen LogP contribution in [0.25, 0.3) is 5.69 Å². The van der Waals surface area contributed by atoms with Crippen LogP contribution in [-0.2, 0) is 6.42 Å². The number of amides is 1. The van der Waals surface area contributed by atoms with Crippen LogP contribution >= 0.6 is 0 Å². The molecule has 0 saturated carbocycles. The van der Waals surface area contributed by atoms with Gasteiger partial charge in [0.15, 0.2) is 0 Å². The summed E-state index contributed by atoms with van der Waals surface area (Å²) in [6.07, 6.45) is 3.38. The number of rotatable bonds is 3. The lowest BCUT2D eigenvalue weighted by atomic mass is 9.74. The van der Waals surface area contributed by atoms with E-state index in [0.29, 0.717) is 5.69 Å². The second-order valence-corrected chi connectivity index (χ2v) is 7.84. The molecule has 3 aromatic rings. The number of carbonyl (C=O) groups is 1. The van der Waals surface area contributed by atoms with Crippen LogP contribution < -0.4 is 5.32 Å². The molecular weight excluding hydrogens is 347 g/mol. The number of carbonyl (C=O) groups excluding carboxylic acids is 1. The predicted octanol–water partition coefficient (Wildman–Crippen LogP) is 3.75. The van der Waals surface area contributed by atoms with E-state index in [4.69, 9.17) is 4.52 Å². The first kappa shape index (κ1) is 17.5. The summed E-state index contributed by atoms with van der Waals surface area (Å²) in [5.74, 6) is -0.380. The average molecular weight is 368 g/mol. The molecule has 0 radical (unpaired) electrons. The maximum Gasteiger partial charge on any atom is 0.290 e. The van der Waals surface area contributed by atoms with Gasteiger partial charge >= 0.3 is 0 Å². The number of fused-ring (bicyclic) bond motifs is 1. The quantitative estimate of drug-likeness (QED) is 0.764. The summed E-state index contributed by atoms with van der Waals surface area (Å²) in [5, 5.41) is 11.3. The maximum absolute atomic E-state index is 13.3. The van der Waals surface area contributed by atoms with E-state index in [9.17, 15) is 9.18 Å². The molecule has 0 bridgehead atoms. The molecule has 7 heteroatoms. The van der Waals surface area contributed by atoms with Crippen LogP contribution in [0.4, 0.5) is 4.39 Å². The second-order valence-electron chi connectivity index (χ2n) is 7.84. The van der Waals surface area contributed by atoms with Crippen LogP contribution in [0.3, 0.4) is 0 Å². The molecule has 0 fully saturated rings. The Balaban J connectivity index is 1.68. The van der Waals surface area contributed by atoms with Crippen molar-refractivity contribution in [2.24, 2.45) is 5.41 Å². The molecule has 4 rings (SSSR count). The summed E-state index contributed by atoms with van der Waals surface area (Å²) < 4.78 is 20.2. The van der Waals surface area contributed by atoms with Gasteiger partial charge in [-0.3, -0.25) is 4.79 Å². The summed E-state index contributed by atoms with van der Waals surface area (Å²) in [5.41, 5.74) is 3.43. The van der Waals surface area contributed by atoms with E-state index in [1.165, 1.54) is 12.1 Å². The molecule has 0 aliphatic heterocycles. The first-order valence-corrected chi connectivity index (χ1v) is 8.89. The Morgan fingerprint density at radius 2 is 2.07 bits per heavy atom. The summed E-state index contributed by atoms with van der Waals surface area (Å²) >= 11 is 0. The molecule has 2 aromatic heterocycles. The van der Waals surface area contributed by atoms with Gasteiger partial charge < -0.3 is 9.84 Å². The molecule has 27 heavy (non-hydrogen) atoms. The Hall–Kier alpha value is -2.96. The number of aryl methyl sites for hydroxylation is 1. The minimum atomic E-state index is -0.293. The Morgan fingerprint density at radius 1 is 1.33 bits per heavy atom. The van der Waals surface area contributed by atoms with Gasteiger partial charge in [-0.25, -0.2) is 9.07 Å². The highest BCUT2D eigenvalue weighted by Crippen LogP contribution is 2.41. The van der Waals surface area contributed by atoms with Crippen molar-refractivity contribution in [3.63, 3.8) is 0 Å². The predicted molar refractivity (Wildman–Crippen MR) is 97.1 cm³/mol. The lowest BCUT2D eigenvalue weighted by molar-refractivity contribution is 0.0881. The Kier molecular flexibility index (Phi) is 4.09. The fraction of sp³-hybridized carbons (Fsp3) is 0.350. The minimum Gasteiger partial charge on any atom is -0.351 e. The third-order valence-corrected chi connectivity index (χ3v) is 4.91. The number of hydrogen-bond donors (Lipinski definition) is 1. The van der Waals surface area contributed by atoms with E-state index in [-0.39, 0.29) is 28.9 Å². The maximum atomic E-state index is 13.3. The molecule has 0 saturated heterocycles. The molecule has 6 nitrogen and oxygen atoms in total. The summed E-state index contributed by atoms with van der Waals surface area (Å²) in [6.45, 7) is 6.10. The van der Waals surface area contributed by atoms with Crippen molar-refractivity contribution in [3.05, 3.63) is 65.1 Å². The van der Waals surface area contributed by atoms with Gasteiger partial charge in [0.1, 0.15) is 5.82 Å². The fourth-order valence-electron chi connectivity index (χ4n) is 3.68. The third-order valence-electron chi connectivity index (χ3n) is 4.91. The third kappa shape index (κ3) is 3.37. The van der Waals surface area contributed by atoms with Gasteiger partial charge in [0.2, 0.25) is 5.76 Å². The summed E-state index contributed by atoms with van der Waals surface area (Å²) in [6, 6.07) is 7.68. The highest BCUT2D eigenvalue weighted by atomic mass is 19.1. The van der Waals surface area contributed by atoms with Crippen LogP contribution in [0.1, 0.15) is 53.8 Å². The molecule has 2 heterocycles. The lowest BCUT2D eigenvalue weighted by Crippen LogP contribution is -2.36. The standard InChI is InChI=1S/C20H21FN4O2/c1-12-8-18(27-24-12)19(26)23-16-9-20(2,3)10-17-15(16)11-22-25(17)14-6-4-13(21)5-7-14/h4-8,11,16H,9-10H2,1-3H3,(H,23,26)/t16-/m1/s1. The molecule has 0 unspecified atom stereocenters. The van der Waals surface area contributed by atoms with Gasteiger partial charge in [-0.05, 0) is 49.4 Å². The molecule has 1 amide bonds. The van der Waals surface area contributed by atoms with Crippen molar-refractivity contribution in [1.82, 2.24) is 20.3 Å². The zero-order valence-corrected chi connectivity index (χ0v) is 15.5. The number of halogens is 1. The van der Waals surface area contributed by atoms with Crippen molar-refractivity contribution < 1.29 is 13.7 Å². The van der Waals surface area contributed by atoms with Crippen LogP contribution in [-0.4, -0.2) is 20.8 Å². The van der Waals surface area contributed by atoms with E-state index in [1.807, 2.05) is 4.68 Å². The first-order valence-electron chi connectivity index (χ1n) is 8.89. The van der Waals surface area contributed by atoms with Crippen molar-refractivity contribution >= 4 is 5.91 Å². The van der Waals surface area contributed by atoms with Gasteiger partial charge in [0.05, 0.1) is 29.3 Å². The molecule has 1 aliphatic carbocycles. The van der Waals surface area contributed by atoms with Gasteiger partial charge in [0.25, 0.3) is 5.91 Å². The normalized spacial score (nSPS) is 18.1. The molecule has 1 atom stereocenters. The topological polar surface area (TPSA) is 73.0 Å².